The maximum Gasteiger partial charge on any atom is 0.158 e. The lowest BCUT2D eigenvalue weighted by Crippen LogP contribution is -2.45. The highest BCUT2D eigenvalue weighted by Crippen LogP contribution is 2.42. The molecule has 1 fully saturated rings. The molecular weight excluding hydrogens is 340 g/mol. The van der Waals surface area contributed by atoms with Crippen LogP contribution in [0.25, 0.3) is 6.08 Å². The van der Waals surface area contributed by atoms with E-state index in [0.29, 0.717) is 12.0 Å². The first kappa shape index (κ1) is 18.5. The molecule has 1 unspecified atom stereocenters. The number of hydrogen-bond acceptors (Lipinski definition) is 3. The summed E-state index contributed by atoms with van der Waals surface area (Å²) in [5.74, 6) is 1.74. The number of allylic oxidation sites excluding steroid dienone is 1. The summed E-state index contributed by atoms with van der Waals surface area (Å²) in [6, 6.07) is 16.4. The summed E-state index contributed by atoms with van der Waals surface area (Å²) in [5.41, 5.74) is 2.24. The maximum atomic E-state index is 12.7. The fourth-order valence-corrected chi connectivity index (χ4v) is 7.20. The molecule has 0 heterocycles. The Morgan fingerprint density at radius 2 is 1.62 bits per heavy atom. The molecule has 1 saturated carbocycles. The van der Waals surface area contributed by atoms with E-state index in [2.05, 4.69) is 37.4 Å². The first-order chi connectivity index (χ1) is 12.5. The Morgan fingerprint density at radius 3 is 2.19 bits per heavy atom. The smallest absolute Gasteiger partial charge is 0.158 e. The molecular formula is C22H26O3Si. The van der Waals surface area contributed by atoms with Gasteiger partial charge in [0.25, 0.3) is 0 Å². The quantitative estimate of drug-likeness (QED) is 0.580. The van der Waals surface area contributed by atoms with Crippen molar-refractivity contribution in [3.8, 4) is 11.5 Å². The Kier molecular flexibility index (Phi) is 5.32. The van der Waals surface area contributed by atoms with Gasteiger partial charge in [-0.15, -0.1) is 0 Å². The summed E-state index contributed by atoms with van der Waals surface area (Å²) in [7, 11) is 1.48. The zero-order valence-electron chi connectivity index (χ0n) is 15.9. The number of ketones is 1. The van der Waals surface area contributed by atoms with Crippen molar-refractivity contribution in [3.63, 3.8) is 0 Å². The van der Waals surface area contributed by atoms with Gasteiger partial charge in [0.15, 0.2) is 5.78 Å². The molecule has 0 radical (unpaired) electrons. The standard InChI is InChI=1S/C22H26O3Si/c1-24-17-12-16(13-18(15-17)25-2)14-20-21(23)10-11-22(20)26(3,4)19-8-6-5-7-9-19/h5-9,12-15,22H,10-11H2,1-4H3/b20-14-. The van der Waals surface area contributed by atoms with Gasteiger partial charge < -0.3 is 9.47 Å². The van der Waals surface area contributed by atoms with Gasteiger partial charge in [-0.25, -0.2) is 0 Å². The minimum absolute atomic E-state index is 0.272. The summed E-state index contributed by atoms with van der Waals surface area (Å²) < 4.78 is 10.7. The van der Waals surface area contributed by atoms with Crippen LogP contribution in [0.5, 0.6) is 11.5 Å². The van der Waals surface area contributed by atoms with Gasteiger partial charge in [0.1, 0.15) is 11.5 Å². The van der Waals surface area contributed by atoms with Crippen LogP contribution in [0.3, 0.4) is 0 Å². The molecule has 1 aliphatic carbocycles. The van der Waals surface area contributed by atoms with Crippen molar-refractivity contribution in [3.05, 3.63) is 59.7 Å². The van der Waals surface area contributed by atoms with Gasteiger partial charge in [0.05, 0.1) is 22.3 Å². The van der Waals surface area contributed by atoms with Crippen LogP contribution in [0.2, 0.25) is 18.6 Å². The van der Waals surface area contributed by atoms with Crippen molar-refractivity contribution >= 4 is 25.1 Å². The summed E-state index contributed by atoms with van der Waals surface area (Å²) in [4.78, 5) is 12.7. The number of carbonyl (C=O) groups excluding carboxylic acids is 1. The molecule has 3 rings (SSSR count). The van der Waals surface area contributed by atoms with Crippen LogP contribution in [0, 0.1) is 0 Å². The van der Waals surface area contributed by atoms with Crippen molar-refractivity contribution in [2.75, 3.05) is 14.2 Å². The molecule has 1 atom stereocenters. The monoisotopic (exact) mass is 366 g/mol. The molecule has 0 amide bonds. The number of methoxy groups -OCH3 is 2. The molecule has 4 heteroatoms. The normalized spacial score (nSPS) is 19.0. The largest absolute Gasteiger partial charge is 0.497 e. The van der Waals surface area contributed by atoms with Crippen LogP contribution in [-0.4, -0.2) is 28.1 Å². The van der Waals surface area contributed by atoms with Crippen molar-refractivity contribution in [1.29, 1.82) is 0 Å². The molecule has 0 aromatic heterocycles. The van der Waals surface area contributed by atoms with E-state index < -0.39 is 8.07 Å². The van der Waals surface area contributed by atoms with Gasteiger partial charge in [-0.05, 0) is 41.3 Å². The van der Waals surface area contributed by atoms with Crippen molar-refractivity contribution in [1.82, 2.24) is 0 Å². The molecule has 0 aliphatic heterocycles. The van der Waals surface area contributed by atoms with E-state index in [1.165, 1.54) is 5.19 Å². The van der Waals surface area contributed by atoms with Crippen LogP contribution in [0.15, 0.2) is 54.1 Å². The number of ether oxygens (including phenoxy) is 2. The third-order valence-electron chi connectivity index (χ3n) is 5.44. The second-order valence-corrected chi connectivity index (χ2v) is 12.1. The van der Waals surface area contributed by atoms with E-state index in [1.54, 1.807) is 14.2 Å². The predicted molar refractivity (Wildman–Crippen MR) is 109 cm³/mol. The van der Waals surface area contributed by atoms with Crippen molar-refractivity contribution < 1.29 is 14.3 Å². The number of benzene rings is 2. The van der Waals surface area contributed by atoms with E-state index in [0.717, 1.165) is 29.1 Å². The first-order valence-corrected chi connectivity index (χ1v) is 12.1. The van der Waals surface area contributed by atoms with E-state index in [1.807, 2.05) is 30.3 Å². The van der Waals surface area contributed by atoms with Crippen LogP contribution < -0.4 is 14.7 Å². The summed E-state index contributed by atoms with van der Waals surface area (Å²) >= 11 is 0. The van der Waals surface area contributed by atoms with E-state index >= 15 is 0 Å². The molecule has 2 aromatic carbocycles. The summed E-state index contributed by atoms with van der Waals surface area (Å²) in [5, 5.41) is 1.40. The van der Waals surface area contributed by atoms with Gasteiger partial charge in [-0.2, -0.15) is 0 Å². The molecule has 136 valence electrons. The average molecular weight is 367 g/mol. The Bertz CT molecular complexity index is 802. The Morgan fingerprint density at radius 1 is 1.00 bits per heavy atom. The molecule has 26 heavy (non-hydrogen) atoms. The predicted octanol–water partition coefficient (Wildman–Crippen LogP) is 4.44. The molecule has 2 aromatic rings. The molecule has 0 spiro atoms. The summed E-state index contributed by atoms with van der Waals surface area (Å²) in [6.07, 6.45) is 3.63. The van der Waals surface area contributed by atoms with Gasteiger partial charge in [0.2, 0.25) is 0 Å². The lowest BCUT2D eigenvalue weighted by atomic mass is 10.1. The SMILES string of the molecule is COc1cc(/C=C2/C(=O)CCC2[Si](C)(C)c2ccccc2)cc(OC)c1. The second kappa shape index (κ2) is 7.50. The fraction of sp³-hybridized carbons (Fsp3) is 0.318. The second-order valence-electron chi connectivity index (χ2n) is 7.35. The topological polar surface area (TPSA) is 35.5 Å². The number of Topliss-reactive ketones (excluding diaryl/α,β-unsaturated/α-hetero) is 1. The third kappa shape index (κ3) is 3.60. The lowest BCUT2D eigenvalue weighted by Gasteiger charge is -2.30. The van der Waals surface area contributed by atoms with E-state index in [-0.39, 0.29) is 5.78 Å². The highest BCUT2D eigenvalue weighted by atomic mass is 28.3. The van der Waals surface area contributed by atoms with Crippen LogP contribution in [0.4, 0.5) is 0 Å². The molecule has 0 N–H and O–H groups in total. The van der Waals surface area contributed by atoms with Crippen LogP contribution >= 0.6 is 0 Å². The molecule has 0 saturated heterocycles. The van der Waals surface area contributed by atoms with Gasteiger partial charge in [-0.3, -0.25) is 4.79 Å². The zero-order chi connectivity index (χ0) is 18.7. The van der Waals surface area contributed by atoms with Crippen LogP contribution in [0.1, 0.15) is 18.4 Å². The van der Waals surface area contributed by atoms with Gasteiger partial charge >= 0.3 is 0 Å². The first-order valence-electron chi connectivity index (χ1n) is 8.99. The highest BCUT2D eigenvalue weighted by Gasteiger charge is 2.41. The number of hydrogen-bond donors (Lipinski definition) is 0. The number of rotatable bonds is 5. The number of carbonyl (C=O) groups is 1. The van der Waals surface area contributed by atoms with Gasteiger partial charge in [0, 0.05) is 12.5 Å². The van der Waals surface area contributed by atoms with E-state index in [4.69, 9.17) is 9.47 Å². The Labute approximate surface area is 156 Å². The fourth-order valence-electron chi connectivity index (χ4n) is 3.86. The lowest BCUT2D eigenvalue weighted by molar-refractivity contribution is -0.114. The zero-order valence-corrected chi connectivity index (χ0v) is 16.9. The average Bonchev–Trinajstić information content (AvgIpc) is 3.03. The molecule has 3 nitrogen and oxygen atoms in total. The summed E-state index contributed by atoms with van der Waals surface area (Å²) in [6.45, 7) is 4.73. The maximum absolute atomic E-state index is 12.7. The molecule has 1 aliphatic rings. The Balaban J connectivity index is 2.02. The third-order valence-corrected chi connectivity index (χ3v) is 9.61. The highest BCUT2D eigenvalue weighted by molar-refractivity contribution is 6.92. The van der Waals surface area contributed by atoms with Crippen molar-refractivity contribution in [2.24, 2.45) is 0 Å². The molecule has 0 bridgehead atoms. The van der Waals surface area contributed by atoms with Crippen LogP contribution in [-0.2, 0) is 4.79 Å². The van der Waals surface area contributed by atoms with E-state index in [9.17, 15) is 4.79 Å². The Hall–Kier alpha value is -2.33. The van der Waals surface area contributed by atoms with Gasteiger partial charge in [-0.1, -0.05) is 48.6 Å². The van der Waals surface area contributed by atoms with Crippen molar-refractivity contribution in [2.45, 2.75) is 31.5 Å². The minimum atomic E-state index is -1.80. The minimum Gasteiger partial charge on any atom is -0.497 e.